The number of aliphatic hydroxyl groups excluding tert-OH is 2. The highest BCUT2D eigenvalue weighted by Gasteiger charge is 2.29. The van der Waals surface area contributed by atoms with E-state index in [1.54, 1.807) is 12.1 Å². The maximum absolute atomic E-state index is 12.3. The predicted octanol–water partition coefficient (Wildman–Crippen LogP) is 3.58. The Morgan fingerprint density at radius 2 is 1.68 bits per heavy atom. The molecular weight excluding hydrogens is 434 g/mol. The maximum Gasteiger partial charge on any atom is 0.407 e. The lowest BCUT2D eigenvalue weighted by atomic mass is 9.97. The first-order valence-corrected chi connectivity index (χ1v) is 11.3. The van der Waals surface area contributed by atoms with Gasteiger partial charge in [0.1, 0.15) is 24.6 Å². The van der Waals surface area contributed by atoms with E-state index in [2.05, 4.69) is 17.4 Å². The van der Waals surface area contributed by atoms with Crippen LogP contribution in [0.15, 0.2) is 66.7 Å². The Labute approximate surface area is 197 Å². The smallest absolute Gasteiger partial charge is 0.407 e. The van der Waals surface area contributed by atoms with E-state index in [0.717, 1.165) is 22.3 Å². The predicted molar refractivity (Wildman–Crippen MR) is 125 cm³/mol. The summed E-state index contributed by atoms with van der Waals surface area (Å²) in [5.74, 6) is 0.337. The molecule has 2 aliphatic rings. The van der Waals surface area contributed by atoms with E-state index in [1.807, 2.05) is 36.4 Å². The van der Waals surface area contributed by atoms with Crippen molar-refractivity contribution < 1.29 is 29.3 Å². The average Bonchev–Trinajstić information content (AvgIpc) is 3.19. The summed E-state index contributed by atoms with van der Waals surface area (Å²) < 4.78 is 10.9. The molecular formula is C27H25NO6. The first-order chi connectivity index (χ1) is 16.5. The van der Waals surface area contributed by atoms with Gasteiger partial charge in [0.05, 0.1) is 12.2 Å². The molecule has 0 radical (unpaired) electrons. The molecule has 5 rings (SSSR count). The molecule has 0 fully saturated rings. The molecule has 2 unspecified atom stereocenters. The van der Waals surface area contributed by atoms with Gasteiger partial charge in [-0.2, -0.15) is 0 Å². The number of alkyl carbamates (subject to hydrolysis) is 1. The van der Waals surface area contributed by atoms with Gasteiger partial charge < -0.3 is 25.0 Å². The molecule has 1 aliphatic heterocycles. The van der Waals surface area contributed by atoms with Gasteiger partial charge in [-0.3, -0.25) is 4.79 Å². The topological polar surface area (TPSA) is 105 Å². The normalized spacial score (nSPS) is 16.0. The standard InChI is InChI=1S/C27H25NO6/c29-23-11-12-33-25-10-9-16(13-21(23)25)26(31)24(30)14-28-27(32)34-15-22-19-7-3-1-5-17(19)18-6-2-4-8-20(18)22/h1-10,13,22,24,26,30-31H,11-12,14-15H2,(H,28,32). The summed E-state index contributed by atoms with van der Waals surface area (Å²) >= 11 is 0. The summed E-state index contributed by atoms with van der Waals surface area (Å²) in [6.07, 6.45) is -2.97. The number of aliphatic hydroxyl groups is 2. The van der Waals surface area contributed by atoms with Gasteiger partial charge in [-0.15, -0.1) is 0 Å². The first kappa shape index (κ1) is 22.1. The summed E-state index contributed by atoms with van der Waals surface area (Å²) in [6.45, 7) is 0.283. The van der Waals surface area contributed by atoms with E-state index in [4.69, 9.17) is 9.47 Å². The van der Waals surface area contributed by atoms with Gasteiger partial charge in [0.25, 0.3) is 0 Å². The number of amides is 1. The van der Waals surface area contributed by atoms with Gasteiger partial charge in [-0.25, -0.2) is 4.79 Å². The molecule has 34 heavy (non-hydrogen) atoms. The molecule has 1 heterocycles. The Bertz CT molecular complexity index is 1190. The van der Waals surface area contributed by atoms with Crippen LogP contribution in [-0.2, 0) is 4.74 Å². The van der Waals surface area contributed by atoms with Crippen molar-refractivity contribution in [3.05, 3.63) is 89.0 Å². The van der Waals surface area contributed by atoms with Crippen molar-refractivity contribution >= 4 is 11.9 Å². The minimum absolute atomic E-state index is 0.0658. The van der Waals surface area contributed by atoms with E-state index < -0.39 is 18.3 Å². The van der Waals surface area contributed by atoms with Crippen LogP contribution in [0.3, 0.4) is 0 Å². The molecule has 0 aromatic heterocycles. The highest BCUT2D eigenvalue weighted by molar-refractivity contribution is 5.99. The van der Waals surface area contributed by atoms with Crippen LogP contribution in [-0.4, -0.2) is 48.0 Å². The van der Waals surface area contributed by atoms with Crippen molar-refractivity contribution in [2.24, 2.45) is 0 Å². The number of hydrogen-bond acceptors (Lipinski definition) is 6. The fraction of sp³-hybridized carbons (Fsp3) is 0.259. The third-order valence-corrected chi connectivity index (χ3v) is 6.40. The molecule has 3 N–H and O–H groups in total. The molecule has 0 saturated carbocycles. The van der Waals surface area contributed by atoms with Gasteiger partial charge >= 0.3 is 6.09 Å². The second-order valence-electron chi connectivity index (χ2n) is 8.50. The van der Waals surface area contributed by atoms with Crippen molar-refractivity contribution in [3.8, 4) is 16.9 Å². The first-order valence-electron chi connectivity index (χ1n) is 11.3. The lowest BCUT2D eigenvalue weighted by Gasteiger charge is -2.22. The highest BCUT2D eigenvalue weighted by atomic mass is 16.5. The summed E-state index contributed by atoms with van der Waals surface area (Å²) in [5, 5.41) is 23.4. The van der Waals surface area contributed by atoms with Crippen LogP contribution in [0, 0.1) is 0 Å². The Balaban J connectivity index is 1.18. The van der Waals surface area contributed by atoms with Gasteiger partial charge in [-0.1, -0.05) is 54.6 Å². The zero-order chi connectivity index (χ0) is 23.7. The Morgan fingerprint density at radius 1 is 1.00 bits per heavy atom. The summed E-state index contributed by atoms with van der Waals surface area (Å²) in [5.41, 5.74) is 5.26. The molecule has 0 saturated heterocycles. The third kappa shape index (κ3) is 4.16. The molecule has 7 heteroatoms. The SMILES string of the molecule is O=C(NCC(O)C(O)c1ccc2c(c1)C(=O)CCO2)OCC1c2ccccc2-c2ccccc21. The van der Waals surface area contributed by atoms with Crippen LogP contribution in [0.25, 0.3) is 11.1 Å². The van der Waals surface area contributed by atoms with Gasteiger partial charge in [0.15, 0.2) is 5.78 Å². The molecule has 3 aromatic rings. The summed E-state index contributed by atoms with van der Waals surface area (Å²) in [6, 6.07) is 20.8. The number of carbonyl (C=O) groups is 2. The number of fused-ring (bicyclic) bond motifs is 4. The number of hydrogen-bond donors (Lipinski definition) is 3. The number of rotatable bonds is 6. The minimum atomic E-state index is -1.28. The second kappa shape index (κ2) is 9.29. The number of Topliss-reactive ketones (excluding diaryl/α,β-unsaturated/α-hetero) is 1. The van der Waals surface area contributed by atoms with Crippen LogP contribution < -0.4 is 10.1 Å². The van der Waals surface area contributed by atoms with E-state index in [-0.39, 0.29) is 31.3 Å². The molecule has 174 valence electrons. The lowest BCUT2D eigenvalue weighted by Crippen LogP contribution is -2.36. The Hall–Kier alpha value is -3.68. The van der Waals surface area contributed by atoms with Gasteiger partial charge in [-0.05, 0) is 39.9 Å². The number of nitrogens with one attached hydrogen (secondary N) is 1. The molecule has 3 aromatic carbocycles. The minimum Gasteiger partial charge on any atom is -0.492 e. The zero-order valence-corrected chi connectivity index (χ0v) is 18.4. The highest BCUT2D eigenvalue weighted by Crippen LogP contribution is 2.44. The van der Waals surface area contributed by atoms with E-state index in [1.165, 1.54) is 6.07 Å². The summed E-state index contributed by atoms with van der Waals surface area (Å²) in [4.78, 5) is 24.4. The van der Waals surface area contributed by atoms with Crippen molar-refractivity contribution in [1.82, 2.24) is 5.32 Å². The number of ketones is 1. The van der Waals surface area contributed by atoms with Crippen LogP contribution in [0.5, 0.6) is 5.75 Å². The fourth-order valence-corrected chi connectivity index (χ4v) is 4.63. The third-order valence-electron chi connectivity index (χ3n) is 6.40. The number of benzene rings is 3. The van der Waals surface area contributed by atoms with Crippen LogP contribution in [0.2, 0.25) is 0 Å². The van der Waals surface area contributed by atoms with E-state index in [0.29, 0.717) is 23.5 Å². The Morgan fingerprint density at radius 3 is 2.38 bits per heavy atom. The maximum atomic E-state index is 12.3. The molecule has 0 bridgehead atoms. The number of carbonyl (C=O) groups excluding carboxylic acids is 2. The van der Waals surface area contributed by atoms with E-state index in [9.17, 15) is 19.8 Å². The molecule has 2 atom stereocenters. The summed E-state index contributed by atoms with van der Waals surface area (Å²) in [7, 11) is 0. The van der Waals surface area contributed by atoms with Gasteiger partial charge in [0, 0.05) is 18.9 Å². The quantitative estimate of drug-likeness (QED) is 0.520. The molecule has 0 spiro atoms. The molecule has 1 amide bonds. The zero-order valence-electron chi connectivity index (χ0n) is 18.4. The fourth-order valence-electron chi connectivity index (χ4n) is 4.63. The van der Waals surface area contributed by atoms with Crippen molar-refractivity contribution in [2.75, 3.05) is 19.8 Å². The van der Waals surface area contributed by atoms with E-state index >= 15 is 0 Å². The average molecular weight is 459 g/mol. The van der Waals surface area contributed by atoms with Crippen molar-refractivity contribution in [3.63, 3.8) is 0 Å². The Kier molecular flexibility index (Phi) is 6.04. The largest absolute Gasteiger partial charge is 0.492 e. The molecule has 7 nitrogen and oxygen atoms in total. The van der Waals surface area contributed by atoms with Crippen LogP contribution >= 0.6 is 0 Å². The van der Waals surface area contributed by atoms with Crippen LogP contribution in [0.1, 0.15) is 45.5 Å². The lowest BCUT2D eigenvalue weighted by molar-refractivity contribution is 0.0184. The van der Waals surface area contributed by atoms with Crippen molar-refractivity contribution in [1.29, 1.82) is 0 Å². The number of ether oxygens (including phenoxy) is 2. The van der Waals surface area contributed by atoms with Gasteiger partial charge in [0.2, 0.25) is 0 Å². The van der Waals surface area contributed by atoms with Crippen LogP contribution in [0.4, 0.5) is 4.79 Å². The molecule has 1 aliphatic carbocycles. The monoisotopic (exact) mass is 459 g/mol. The second-order valence-corrected chi connectivity index (χ2v) is 8.50. The van der Waals surface area contributed by atoms with Crippen molar-refractivity contribution in [2.45, 2.75) is 24.5 Å².